The van der Waals surface area contributed by atoms with Crippen molar-refractivity contribution < 1.29 is 19.4 Å². The molecule has 5 heteroatoms. The molecule has 0 spiro atoms. The van der Waals surface area contributed by atoms with E-state index in [9.17, 15) is 14.7 Å². The molecule has 1 aromatic rings. The van der Waals surface area contributed by atoms with Crippen molar-refractivity contribution in [1.29, 1.82) is 0 Å². The van der Waals surface area contributed by atoms with E-state index in [4.69, 9.17) is 4.74 Å². The minimum Gasteiger partial charge on any atom is -0.548 e. The van der Waals surface area contributed by atoms with Crippen molar-refractivity contribution in [1.82, 2.24) is 4.90 Å². The summed E-state index contributed by atoms with van der Waals surface area (Å²) >= 11 is 0. The number of likely N-dealkylation sites (N-methyl/N-ethyl adjacent to an activating group) is 1. The summed E-state index contributed by atoms with van der Waals surface area (Å²) in [5, 5.41) is 11.3. The van der Waals surface area contributed by atoms with E-state index in [-0.39, 0.29) is 0 Å². The normalized spacial score (nSPS) is 12.6. The van der Waals surface area contributed by atoms with E-state index in [2.05, 4.69) is 0 Å². The predicted octanol–water partition coefficient (Wildman–Crippen LogP) is 1.34. The van der Waals surface area contributed by atoms with Gasteiger partial charge >= 0.3 is 6.09 Å². The van der Waals surface area contributed by atoms with Crippen LogP contribution >= 0.6 is 0 Å². The Morgan fingerprint density at radius 3 is 2.16 bits per heavy atom. The predicted molar refractivity (Wildman–Crippen MR) is 68.2 cm³/mol. The molecule has 1 rings (SSSR count). The van der Waals surface area contributed by atoms with Gasteiger partial charge in [0, 0.05) is 7.05 Å². The largest absolute Gasteiger partial charge is 0.548 e. The number of nitrogens with zero attached hydrogens (tertiary/aromatic N) is 1. The quantitative estimate of drug-likeness (QED) is 0.826. The van der Waals surface area contributed by atoms with E-state index in [1.54, 1.807) is 51.1 Å². The van der Waals surface area contributed by atoms with E-state index >= 15 is 0 Å². The Balaban J connectivity index is 2.95. The van der Waals surface area contributed by atoms with Crippen LogP contribution in [0.25, 0.3) is 0 Å². The fourth-order valence-electron chi connectivity index (χ4n) is 1.59. The van der Waals surface area contributed by atoms with Gasteiger partial charge in [-0.25, -0.2) is 4.79 Å². The molecule has 0 aliphatic carbocycles. The number of aliphatic carboxylic acids is 1. The van der Waals surface area contributed by atoms with Gasteiger partial charge in [0.1, 0.15) is 5.60 Å². The highest BCUT2D eigenvalue weighted by Gasteiger charge is 2.27. The average molecular weight is 264 g/mol. The van der Waals surface area contributed by atoms with Gasteiger partial charge in [0.05, 0.1) is 12.0 Å². The van der Waals surface area contributed by atoms with E-state index in [1.165, 1.54) is 7.05 Å². The van der Waals surface area contributed by atoms with Crippen LogP contribution in [0.5, 0.6) is 0 Å². The summed E-state index contributed by atoms with van der Waals surface area (Å²) in [5.41, 5.74) is -0.214. The number of hydrogen-bond donors (Lipinski definition) is 0. The summed E-state index contributed by atoms with van der Waals surface area (Å²) in [4.78, 5) is 24.2. The molecular formula is C14H18NO4-. The third-order valence-electron chi connectivity index (χ3n) is 2.41. The lowest BCUT2D eigenvalue weighted by atomic mass is 10.1. The number of ether oxygens (including phenoxy) is 1. The van der Waals surface area contributed by atoms with E-state index in [0.717, 1.165) is 4.90 Å². The van der Waals surface area contributed by atoms with Crippen molar-refractivity contribution in [2.75, 3.05) is 7.05 Å². The molecule has 0 N–H and O–H groups in total. The Morgan fingerprint density at radius 1 is 1.21 bits per heavy atom. The second-order valence-electron chi connectivity index (χ2n) is 5.22. The van der Waals surface area contributed by atoms with Crippen LogP contribution in [0.2, 0.25) is 0 Å². The molecule has 0 aliphatic rings. The molecule has 19 heavy (non-hydrogen) atoms. The summed E-state index contributed by atoms with van der Waals surface area (Å²) in [7, 11) is 1.38. The first-order valence-corrected chi connectivity index (χ1v) is 5.94. The highest BCUT2D eigenvalue weighted by Crippen LogP contribution is 2.21. The van der Waals surface area contributed by atoms with Crippen LogP contribution < -0.4 is 5.11 Å². The fraction of sp³-hybridized carbons (Fsp3) is 0.429. The maximum absolute atomic E-state index is 11.9. The summed E-state index contributed by atoms with van der Waals surface area (Å²) in [6.07, 6.45) is -0.703. The molecule has 0 heterocycles. The van der Waals surface area contributed by atoms with Crippen molar-refractivity contribution in [2.45, 2.75) is 32.4 Å². The molecule has 0 saturated carbocycles. The first-order valence-electron chi connectivity index (χ1n) is 5.94. The van der Waals surface area contributed by atoms with Crippen LogP contribution in [0.3, 0.4) is 0 Å². The van der Waals surface area contributed by atoms with Gasteiger partial charge in [-0.2, -0.15) is 0 Å². The third kappa shape index (κ3) is 4.28. The highest BCUT2D eigenvalue weighted by atomic mass is 16.6. The second kappa shape index (κ2) is 5.73. The van der Waals surface area contributed by atoms with Crippen LogP contribution in [0, 0.1) is 0 Å². The molecule has 0 bridgehead atoms. The molecule has 0 aromatic heterocycles. The van der Waals surface area contributed by atoms with Crippen LogP contribution in [-0.4, -0.2) is 29.6 Å². The lowest BCUT2D eigenvalue weighted by Gasteiger charge is -2.31. The van der Waals surface area contributed by atoms with Gasteiger partial charge in [-0.15, -0.1) is 0 Å². The minimum atomic E-state index is -1.35. The van der Waals surface area contributed by atoms with E-state index in [0.29, 0.717) is 5.56 Å². The van der Waals surface area contributed by atoms with Gasteiger partial charge in [0.2, 0.25) is 0 Å². The Bertz CT molecular complexity index is 450. The Labute approximate surface area is 112 Å². The highest BCUT2D eigenvalue weighted by molar-refractivity contribution is 5.80. The molecule has 1 atom stereocenters. The molecule has 1 amide bonds. The minimum absolute atomic E-state index is 0.468. The van der Waals surface area contributed by atoms with Gasteiger partial charge in [-0.1, -0.05) is 30.3 Å². The second-order valence-corrected chi connectivity index (χ2v) is 5.22. The fourth-order valence-corrected chi connectivity index (χ4v) is 1.59. The topological polar surface area (TPSA) is 69.7 Å². The average Bonchev–Trinajstić information content (AvgIpc) is 2.27. The molecule has 0 aliphatic heterocycles. The van der Waals surface area contributed by atoms with Crippen molar-refractivity contribution >= 4 is 12.1 Å². The maximum atomic E-state index is 11.9. The lowest BCUT2D eigenvalue weighted by molar-refractivity contribution is -0.311. The number of carboxylic acids is 1. The zero-order valence-electron chi connectivity index (χ0n) is 11.5. The zero-order valence-corrected chi connectivity index (χ0v) is 11.5. The Hall–Kier alpha value is -2.04. The van der Waals surface area contributed by atoms with Gasteiger partial charge in [-0.05, 0) is 26.3 Å². The van der Waals surface area contributed by atoms with Crippen molar-refractivity contribution in [3.63, 3.8) is 0 Å². The number of hydrogen-bond acceptors (Lipinski definition) is 4. The number of benzene rings is 1. The van der Waals surface area contributed by atoms with Gasteiger partial charge in [0.25, 0.3) is 0 Å². The molecule has 1 aromatic carbocycles. The summed E-state index contributed by atoms with van der Waals surface area (Å²) in [5.74, 6) is -1.35. The Morgan fingerprint density at radius 2 is 1.74 bits per heavy atom. The van der Waals surface area contributed by atoms with E-state index in [1.807, 2.05) is 0 Å². The first-order chi connectivity index (χ1) is 8.72. The summed E-state index contributed by atoms with van der Waals surface area (Å²) < 4.78 is 5.15. The van der Waals surface area contributed by atoms with Crippen LogP contribution in [0.15, 0.2) is 30.3 Å². The van der Waals surface area contributed by atoms with Crippen molar-refractivity contribution in [3.8, 4) is 0 Å². The summed E-state index contributed by atoms with van der Waals surface area (Å²) in [6, 6.07) is 7.25. The van der Waals surface area contributed by atoms with Crippen LogP contribution in [0.1, 0.15) is 32.4 Å². The van der Waals surface area contributed by atoms with Crippen molar-refractivity contribution in [2.24, 2.45) is 0 Å². The first kappa shape index (κ1) is 15.0. The molecule has 0 fully saturated rings. The SMILES string of the molecule is CN(C(=O)OC(C)(C)C)[C@H](C(=O)[O-])c1ccccc1. The number of carbonyl (C=O) groups excluding carboxylic acids is 2. The Kier molecular flexibility index (Phi) is 4.53. The molecule has 5 nitrogen and oxygen atoms in total. The smallest absolute Gasteiger partial charge is 0.410 e. The number of carboxylic acid groups (broad SMARTS) is 1. The van der Waals surface area contributed by atoms with E-state index < -0.39 is 23.7 Å². The number of amides is 1. The van der Waals surface area contributed by atoms with Gasteiger partial charge in [-0.3, -0.25) is 4.90 Å². The summed E-state index contributed by atoms with van der Waals surface area (Å²) in [6.45, 7) is 5.15. The standard InChI is InChI=1S/C14H19NO4/c1-14(2,3)19-13(18)15(4)11(12(16)17)10-8-6-5-7-9-10/h5-9,11H,1-4H3,(H,16,17)/p-1/t11-/m0/s1. The monoisotopic (exact) mass is 264 g/mol. The van der Waals surface area contributed by atoms with Crippen LogP contribution in [-0.2, 0) is 9.53 Å². The molecule has 104 valence electrons. The zero-order chi connectivity index (χ0) is 14.6. The van der Waals surface area contributed by atoms with Crippen molar-refractivity contribution in [3.05, 3.63) is 35.9 Å². The molecular weight excluding hydrogens is 246 g/mol. The van der Waals surface area contributed by atoms with Gasteiger partial charge in [0.15, 0.2) is 0 Å². The molecule has 0 unspecified atom stereocenters. The van der Waals surface area contributed by atoms with Crippen LogP contribution in [0.4, 0.5) is 4.79 Å². The molecule has 0 saturated heterocycles. The lowest BCUT2D eigenvalue weighted by Crippen LogP contribution is -2.44. The molecule has 0 radical (unpaired) electrons. The third-order valence-corrected chi connectivity index (χ3v) is 2.41. The maximum Gasteiger partial charge on any atom is 0.410 e. The number of carbonyl (C=O) groups is 2. The number of rotatable bonds is 3. The van der Waals surface area contributed by atoms with Gasteiger partial charge < -0.3 is 14.6 Å².